The SMILES string of the molecule is Cc1nc2nccc(C(=O)N[C@]34CCC[C@H]3NCC4)c2[nH]1. The number of carbonyl (C=O) groups is 1. The molecule has 2 atom stereocenters. The highest BCUT2D eigenvalue weighted by molar-refractivity contribution is 6.04. The molecule has 1 saturated heterocycles. The highest BCUT2D eigenvalue weighted by atomic mass is 16.1. The lowest BCUT2D eigenvalue weighted by Crippen LogP contribution is -2.52. The van der Waals surface area contributed by atoms with Crippen LogP contribution in [0.4, 0.5) is 0 Å². The molecule has 6 nitrogen and oxygen atoms in total. The van der Waals surface area contributed by atoms with Gasteiger partial charge in [-0.15, -0.1) is 0 Å². The molecule has 0 spiro atoms. The van der Waals surface area contributed by atoms with Gasteiger partial charge in [0.25, 0.3) is 5.91 Å². The molecule has 0 radical (unpaired) electrons. The Balaban J connectivity index is 1.68. The average molecular weight is 285 g/mol. The van der Waals surface area contributed by atoms with Crippen molar-refractivity contribution in [3.63, 3.8) is 0 Å². The van der Waals surface area contributed by atoms with E-state index in [1.54, 1.807) is 12.3 Å². The van der Waals surface area contributed by atoms with Crippen molar-refractivity contribution in [2.75, 3.05) is 6.54 Å². The Morgan fingerprint density at radius 1 is 1.48 bits per heavy atom. The third-order valence-electron chi connectivity index (χ3n) is 4.86. The molecular weight excluding hydrogens is 266 g/mol. The van der Waals surface area contributed by atoms with Gasteiger partial charge in [-0.25, -0.2) is 9.97 Å². The first-order chi connectivity index (χ1) is 10.2. The number of rotatable bonds is 2. The number of pyridine rings is 1. The summed E-state index contributed by atoms with van der Waals surface area (Å²) in [7, 11) is 0. The second kappa shape index (κ2) is 4.53. The smallest absolute Gasteiger partial charge is 0.254 e. The number of aryl methyl sites for hydroxylation is 1. The molecule has 2 aromatic heterocycles. The zero-order valence-corrected chi connectivity index (χ0v) is 12.1. The van der Waals surface area contributed by atoms with Gasteiger partial charge in [0.05, 0.1) is 16.6 Å². The van der Waals surface area contributed by atoms with E-state index in [1.807, 2.05) is 6.92 Å². The highest BCUT2D eigenvalue weighted by Gasteiger charge is 2.47. The van der Waals surface area contributed by atoms with Gasteiger partial charge in [0.1, 0.15) is 5.82 Å². The summed E-state index contributed by atoms with van der Waals surface area (Å²) in [6.07, 6.45) is 6.04. The van der Waals surface area contributed by atoms with Crippen molar-refractivity contribution in [2.45, 2.75) is 44.2 Å². The van der Waals surface area contributed by atoms with Crippen LogP contribution in [0.2, 0.25) is 0 Å². The van der Waals surface area contributed by atoms with Gasteiger partial charge in [0.15, 0.2) is 5.65 Å². The molecule has 3 N–H and O–H groups in total. The molecule has 4 rings (SSSR count). The summed E-state index contributed by atoms with van der Waals surface area (Å²) in [5.74, 6) is 0.749. The summed E-state index contributed by atoms with van der Waals surface area (Å²) >= 11 is 0. The van der Waals surface area contributed by atoms with Crippen LogP contribution < -0.4 is 10.6 Å². The number of nitrogens with zero attached hydrogens (tertiary/aromatic N) is 2. The summed E-state index contributed by atoms with van der Waals surface area (Å²) in [5, 5.41) is 6.81. The van der Waals surface area contributed by atoms with Gasteiger partial charge in [0.2, 0.25) is 0 Å². The van der Waals surface area contributed by atoms with Crippen molar-refractivity contribution in [1.82, 2.24) is 25.6 Å². The van der Waals surface area contributed by atoms with Gasteiger partial charge in [-0.05, 0) is 45.2 Å². The van der Waals surface area contributed by atoms with E-state index in [-0.39, 0.29) is 11.4 Å². The van der Waals surface area contributed by atoms with Crippen molar-refractivity contribution >= 4 is 17.1 Å². The molecule has 2 aromatic rings. The molecule has 21 heavy (non-hydrogen) atoms. The number of hydrogen-bond donors (Lipinski definition) is 3. The number of nitrogens with one attached hydrogen (secondary N) is 3. The number of amides is 1. The maximum Gasteiger partial charge on any atom is 0.254 e. The van der Waals surface area contributed by atoms with Crippen molar-refractivity contribution in [3.8, 4) is 0 Å². The number of hydrogen-bond acceptors (Lipinski definition) is 4. The summed E-state index contributed by atoms with van der Waals surface area (Å²) in [4.78, 5) is 24.4. The third kappa shape index (κ3) is 1.93. The van der Waals surface area contributed by atoms with Crippen LogP contribution in [-0.2, 0) is 0 Å². The van der Waals surface area contributed by atoms with Crippen molar-refractivity contribution in [3.05, 3.63) is 23.7 Å². The summed E-state index contributed by atoms with van der Waals surface area (Å²) < 4.78 is 0. The largest absolute Gasteiger partial charge is 0.345 e. The minimum atomic E-state index is -0.0677. The molecule has 1 aliphatic heterocycles. The molecule has 1 saturated carbocycles. The van der Waals surface area contributed by atoms with Gasteiger partial charge in [-0.1, -0.05) is 0 Å². The van der Waals surface area contributed by atoms with Crippen LogP contribution in [0, 0.1) is 6.92 Å². The number of H-pyrrole nitrogens is 1. The predicted molar refractivity (Wildman–Crippen MR) is 79.1 cm³/mol. The Bertz CT molecular complexity index is 697. The minimum absolute atomic E-state index is 0.0262. The van der Waals surface area contributed by atoms with Crippen LogP contribution in [0.25, 0.3) is 11.2 Å². The summed E-state index contributed by atoms with van der Waals surface area (Å²) in [6.45, 7) is 2.86. The van der Waals surface area contributed by atoms with Crippen molar-refractivity contribution in [1.29, 1.82) is 0 Å². The van der Waals surface area contributed by atoms with Crippen molar-refractivity contribution < 1.29 is 4.79 Å². The van der Waals surface area contributed by atoms with Crippen LogP contribution in [0.5, 0.6) is 0 Å². The number of aromatic nitrogens is 3. The van der Waals surface area contributed by atoms with Gasteiger partial charge >= 0.3 is 0 Å². The molecule has 0 unspecified atom stereocenters. The fourth-order valence-corrected chi connectivity index (χ4v) is 3.86. The fraction of sp³-hybridized carbons (Fsp3) is 0.533. The van der Waals surface area contributed by atoms with E-state index in [9.17, 15) is 4.79 Å². The van der Waals surface area contributed by atoms with E-state index in [0.29, 0.717) is 17.3 Å². The van der Waals surface area contributed by atoms with Crippen LogP contribution in [-0.4, -0.2) is 39.0 Å². The molecule has 3 heterocycles. The Kier molecular flexibility index (Phi) is 2.75. The Hall–Kier alpha value is -1.95. The minimum Gasteiger partial charge on any atom is -0.345 e. The first-order valence-electron chi connectivity index (χ1n) is 7.55. The summed E-state index contributed by atoms with van der Waals surface area (Å²) in [5.41, 5.74) is 1.89. The van der Waals surface area contributed by atoms with Crippen molar-refractivity contribution in [2.24, 2.45) is 0 Å². The van der Waals surface area contributed by atoms with Gasteiger partial charge in [-0.3, -0.25) is 4.79 Å². The zero-order chi connectivity index (χ0) is 14.4. The Morgan fingerprint density at radius 2 is 2.38 bits per heavy atom. The lowest BCUT2D eigenvalue weighted by Gasteiger charge is -2.30. The Labute approximate surface area is 122 Å². The topological polar surface area (TPSA) is 82.7 Å². The highest BCUT2D eigenvalue weighted by Crippen LogP contribution is 2.36. The monoisotopic (exact) mass is 285 g/mol. The van der Waals surface area contributed by atoms with E-state index in [0.717, 1.165) is 37.1 Å². The lowest BCUT2D eigenvalue weighted by atomic mass is 9.92. The van der Waals surface area contributed by atoms with E-state index in [2.05, 4.69) is 25.6 Å². The molecule has 1 amide bonds. The number of carbonyl (C=O) groups excluding carboxylic acids is 1. The van der Waals surface area contributed by atoms with E-state index in [4.69, 9.17) is 0 Å². The normalized spacial score (nSPS) is 28.0. The van der Waals surface area contributed by atoms with Gasteiger partial charge in [0, 0.05) is 12.2 Å². The quantitative estimate of drug-likeness (QED) is 0.776. The first-order valence-corrected chi connectivity index (χ1v) is 7.55. The second-order valence-corrected chi connectivity index (χ2v) is 6.14. The molecular formula is C15H19N5O. The molecule has 2 aliphatic rings. The maximum absolute atomic E-state index is 12.7. The molecule has 0 bridgehead atoms. The molecule has 6 heteroatoms. The van der Waals surface area contributed by atoms with Crippen LogP contribution in [0.3, 0.4) is 0 Å². The summed E-state index contributed by atoms with van der Waals surface area (Å²) in [6, 6.07) is 2.18. The first kappa shape index (κ1) is 12.8. The molecule has 2 fully saturated rings. The van der Waals surface area contributed by atoms with Crippen LogP contribution >= 0.6 is 0 Å². The predicted octanol–water partition coefficient (Wildman–Crippen LogP) is 1.28. The van der Waals surface area contributed by atoms with Gasteiger partial charge < -0.3 is 15.6 Å². The standard InChI is InChI=1S/C15H19N5O/c1-9-18-12-10(4-7-17-13(12)19-9)14(21)20-15-5-2-3-11(15)16-8-6-15/h4,7,11,16H,2-3,5-6,8H2,1H3,(H,20,21)(H,17,18,19)/t11-,15+/m1/s1. The molecule has 0 aromatic carbocycles. The molecule has 1 aliphatic carbocycles. The zero-order valence-electron chi connectivity index (χ0n) is 12.1. The number of fused-ring (bicyclic) bond motifs is 2. The lowest BCUT2D eigenvalue weighted by molar-refractivity contribution is 0.0899. The van der Waals surface area contributed by atoms with E-state index < -0.39 is 0 Å². The second-order valence-electron chi connectivity index (χ2n) is 6.14. The van der Waals surface area contributed by atoms with Crippen LogP contribution in [0.1, 0.15) is 41.9 Å². The Morgan fingerprint density at radius 3 is 3.29 bits per heavy atom. The third-order valence-corrected chi connectivity index (χ3v) is 4.86. The number of imidazole rings is 1. The molecule has 110 valence electrons. The fourth-order valence-electron chi connectivity index (χ4n) is 3.86. The van der Waals surface area contributed by atoms with Gasteiger partial charge in [-0.2, -0.15) is 0 Å². The van der Waals surface area contributed by atoms with E-state index in [1.165, 1.54) is 6.42 Å². The number of aromatic amines is 1. The maximum atomic E-state index is 12.7. The average Bonchev–Trinajstić information content (AvgIpc) is 3.09. The van der Waals surface area contributed by atoms with E-state index >= 15 is 0 Å². The van der Waals surface area contributed by atoms with Crippen LogP contribution in [0.15, 0.2) is 12.3 Å².